The maximum atomic E-state index is 14.3. The predicted octanol–water partition coefficient (Wildman–Crippen LogP) is 2.55. The number of hydrogen-bond acceptors (Lipinski definition) is 4. The largest absolute Gasteiger partial charge is 0.465 e. The van der Waals surface area contributed by atoms with Crippen molar-refractivity contribution in [3.63, 3.8) is 0 Å². The van der Waals surface area contributed by atoms with Gasteiger partial charge in [-0.15, -0.1) is 0 Å². The van der Waals surface area contributed by atoms with E-state index in [0.29, 0.717) is 5.69 Å². The fraction of sp³-hybridized carbons (Fsp3) is 0.538. The molecule has 2 rings (SSSR count). The van der Waals surface area contributed by atoms with Crippen LogP contribution in [-0.2, 0) is 4.74 Å². The molecule has 7 heteroatoms. The van der Waals surface area contributed by atoms with Crippen molar-refractivity contribution >= 4 is 11.8 Å². The molecule has 1 aromatic heterocycles. The molecule has 1 aliphatic rings. The molecule has 0 amide bonds. The summed E-state index contributed by atoms with van der Waals surface area (Å²) in [6.45, 7) is 1.61. The van der Waals surface area contributed by atoms with E-state index in [-0.39, 0.29) is 37.3 Å². The Bertz CT molecular complexity index is 525. The van der Waals surface area contributed by atoms with E-state index in [1.54, 1.807) is 6.92 Å². The summed E-state index contributed by atoms with van der Waals surface area (Å²) in [4.78, 5) is 17.0. The minimum Gasteiger partial charge on any atom is -0.465 e. The summed E-state index contributed by atoms with van der Waals surface area (Å²) in [5.41, 5.74) is 0.200. The van der Waals surface area contributed by atoms with Gasteiger partial charge in [0.15, 0.2) is 11.6 Å². The molecule has 0 aliphatic carbocycles. The van der Waals surface area contributed by atoms with E-state index in [4.69, 9.17) is 0 Å². The number of aryl methyl sites for hydroxylation is 1. The quantitative estimate of drug-likeness (QED) is 0.784. The summed E-state index contributed by atoms with van der Waals surface area (Å²) in [5.74, 6) is -4.42. The molecule has 0 bridgehead atoms. The topological polar surface area (TPSA) is 42.4 Å². The minimum absolute atomic E-state index is 0.000978. The molecule has 4 nitrogen and oxygen atoms in total. The van der Waals surface area contributed by atoms with Crippen LogP contribution in [0.15, 0.2) is 6.07 Å². The van der Waals surface area contributed by atoms with Gasteiger partial charge < -0.3 is 9.64 Å². The van der Waals surface area contributed by atoms with Gasteiger partial charge in [-0.05, 0) is 13.0 Å². The van der Waals surface area contributed by atoms with E-state index >= 15 is 0 Å². The lowest BCUT2D eigenvalue weighted by Gasteiger charge is -2.33. The van der Waals surface area contributed by atoms with Gasteiger partial charge in [0.2, 0.25) is 0 Å². The van der Waals surface area contributed by atoms with Crippen LogP contribution in [0.25, 0.3) is 0 Å². The van der Waals surface area contributed by atoms with Gasteiger partial charge in [0.1, 0.15) is 5.56 Å². The lowest BCUT2D eigenvalue weighted by molar-refractivity contribution is -0.0222. The highest BCUT2D eigenvalue weighted by molar-refractivity contribution is 5.90. The van der Waals surface area contributed by atoms with Crippen LogP contribution >= 0.6 is 0 Å². The van der Waals surface area contributed by atoms with Crippen molar-refractivity contribution in [1.82, 2.24) is 4.98 Å². The number of ether oxygens (including phenoxy) is 1. The van der Waals surface area contributed by atoms with Gasteiger partial charge in [-0.3, -0.25) is 0 Å². The number of pyridine rings is 1. The molecule has 110 valence electrons. The van der Waals surface area contributed by atoms with Crippen LogP contribution in [0.4, 0.5) is 19.0 Å². The first kappa shape index (κ1) is 14.6. The molecule has 0 unspecified atom stereocenters. The molecule has 0 saturated carbocycles. The van der Waals surface area contributed by atoms with Crippen molar-refractivity contribution in [3.05, 3.63) is 23.1 Å². The number of anilines is 1. The van der Waals surface area contributed by atoms with Gasteiger partial charge in [-0.2, -0.15) is 0 Å². The molecule has 20 heavy (non-hydrogen) atoms. The molecule has 1 fully saturated rings. The maximum Gasteiger partial charge on any atom is 0.341 e. The number of carbonyl (C=O) groups excluding carboxylic acids is 1. The highest BCUT2D eigenvalue weighted by Gasteiger charge is 2.35. The van der Waals surface area contributed by atoms with Gasteiger partial charge in [0, 0.05) is 31.6 Å². The first-order valence-corrected chi connectivity index (χ1v) is 6.22. The van der Waals surface area contributed by atoms with Crippen molar-refractivity contribution in [1.29, 1.82) is 0 Å². The molecule has 1 aromatic rings. The third-order valence-corrected chi connectivity index (χ3v) is 3.27. The van der Waals surface area contributed by atoms with Gasteiger partial charge in [-0.1, -0.05) is 0 Å². The molecular weight excluding hydrogens is 273 g/mol. The Morgan fingerprint density at radius 1 is 1.40 bits per heavy atom. The lowest BCUT2D eigenvalue weighted by Crippen LogP contribution is -2.40. The summed E-state index contributed by atoms with van der Waals surface area (Å²) in [5, 5.41) is 0. The number of alkyl halides is 2. The van der Waals surface area contributed by atoms with E-state index in [9.17, 15) is 18.0 Å². The Hall–Kier alpha value is -1.79. The number of hydrogen-bond donors (Lipinski definition) is 0. The van der Waals surface area contributed by atoms with Crippen LogP contribution in [0.2, 0.25) is 0 Å². The van der Waals surface area contributed by atoms with Crippen molar-refractivity contribution in [2.24, 2.45) is 0 Å². The summed E-state index contributed by atoms with van der Waals surface area (Å²) in [7, 11) is 1.15. The zero-order chi connectivity index (χ0) is 14.9. The number of piperidine rings is 1. The Labute approximate surface area is 114 Å². The first-order chi connectivity index (χ1) is 9.34. The monoisotopic (exact) mass is 288 g/mol. The van der Waals surface area contributed by atoms with E-state index in [0.717, 1.165) is 7.11 Å². The molecular formula is C13H15F3N2O2. The van der Waals surface area contributed by atoms with Crippen LogP contribution in [0.3, 0.4) is 0 Å². The second kappa shape index (κ2) is 5.30. The van der Waals surface area contributed by atoms with Crippen molar-refractivity contribution in [2.75, 3.05) is 25.1 Å². The van der Waals surface area contributed by atoms with Gasteiger partial charge in [0.05, 0.1) is 7.11 Å². The number of nitrogens with zero attached hydrogens (tertiary/aromatic N) is 2. The van der Waals surface area contributed by atoms with Crippen LogP contribution < -0.4 is 4.90 Å². The molecule has 0 radical (unpaired) electrons. The standard InChI is InChI=1S/C13H15F3N2O2/c1-8-7-9(12(19)20-2)10(14)11(17-8)18-5-3-13(15,16)4-6-18/h7H,3-6H2,1-2H3. The van der Waals surface area contributed by atoms with Crippen LogP contribution in [0, 0.1) is 12.7 Å². The summed E-state index contributed by atoms with van der Waals surface area (Å²) < 4.78 is 45.0. The molecule has 1 saturated heterocycles. The van der Waals surface area contributed by atoms with Crippen LogP contribution in [-0.4, -0.2) is 37.1 Å². The van der Waals surface area contributed by atoms with E-state index in [1.807, 2.05) is 0 Å². The number of aromatic nitrogens is 1. The van der Waals surface area contributed by atoms with Gasteiger partial charge in [0.25, 0.3) is 5.92 Å². The number of carbonyl (C=O) groups is 1. The lowest BCUT2D eigenvalue weighted by atomic mass is 10.1. The number of esters is 1. The Balaban J connectivity index is 2.33. The van der Waals surface area contributed by atoms with E-state index < -0.39 is 17.7 Å². The van der Waals surface area contributed by atoms with E-state index in [2.05, 4.69) is 9.72 Å². The fourth-order valence-corrected chi connectivity index (χ4v) is 2.15. The zero-order valence-electron chi connectivity index (χ0n) is 11.3. The molecule has 2 heterocycles. The SMILES string of the molecule is COC(=O)c1cc(C)nc(N2CCC(F)(F)CC2)c1F. The normalized spacial score (nSPS) is 17.9. The molecule has 0 N–H and O–H groups in total. The molecule has 0 aromatic carbocycles. The van der Waals surface area contributed by atoms with Gasteiger partial charge >= 0.3 is 5.97 Å². The van der Waals surface area contributed by atoms with Crippen molar-refractivity contribution < 1.29 is 22.7 Å². The Morgan fingerprint density at radius 3 is 2.55 bits per heavy atom. The highest BCUT2D eigenvalue weighted by Crippen LogP contribution is 2.31. The second-order valence-electron chi connectivity index (χ2n) is 4.78. The average molecular weight is 288 g/mol. The van der Waals surface area contributed by atoms with Crippen LogP contribution in [0.5, 0.6) is 0 Å². The van der Waals surface area contributed by atoms with Crippen molar-refractivity contribution in [2.45, 2.75) is 25.7 Å². The average Bonchev–Trinajstić information content (AvgIpc) is 2.40. The third kappa shape index (κ3) is 2.86. The smallest absolute Gasteiger partial charge is 0.341 e. The third-order valence-electron chi connectivity index (χ3n) is 3.27. The summed E-state index contributed by atoms with van der Waals surface area (Å²) in [6, 6.07) is 1.28. The highest BCUT2D eigenvalue weighted by atomic mass is 19.3. The summed E-state index contributed by atoms with van der Waals surface area (Å²) in [6.07, 6.45) is -0.703. The Kier molecular flexibility index (Phi) is 3.87. The van der Waals surface area contributed by atoms with E-state index in [1.165, 1.54) is 11.0 Å². The maximum absolute atomic E-state index is 14.3. The van der Waals surface area contributed by atoms with Gasteiger partial charge in [-0.25, -0.2) is 22.9 Å². The van der Waals surface area contributed by atoms with Crippen molar-refractivity contribution in [3.8, 4) is 0 Å². The number of methoxy groups -OCH3 is 1. The summed E-state index contributed by atoms with van der Waals surface area (Å²) >= 11 is 0. The molecule has 1 aliphatic heterocycles. The number of halogens is 3. The minimum atomic E-state index is -2.72. The first-order valence-electron chi connectivity index (χ1n) is 6.22. The van der Waals surface area contributed by atoms with Crippen LogP contribution in [0.1, 0.15) is 28.9 Å². The Morgan fingerprint density at radius 2 is 2.00 bits per heavy atom. The predicted molar refractivity (Wildman–Crippen MR) is 66.7 cm³/mol. The molecule has 0 atom stereocenters. The molecule has 0 spiro atoms. The zero-order valence-corrected chi connectivity index (χ0v) is 11.3. The second-order valence-corrected chi connectivity index (χ2v) is 4.78. The fourth-order valence-electron chi connectivity index (χ4n) is 2.15. The number of rotatable bonds is 2.